The third kappa shape index (κ3) is 2.03. The van der Waals surface area contributed by atoms with E-state index in [1.807, 2.05) is 19.5 Å². The average Bonchev–Trinajstić information content (AvgIpc) is 2.47. The van der Waals surface area contributed by atoms with Crippen molar-refractivity contribution >= 4 is 11.3 Å². The van der Waals surface area contributed by atoms with E-state index in [-0.39, 0.29) is 6.04 Å². The summed E-state index contributed by atoms with van der Waals surface area (Å²) in [6, 6.07) is 0.280. The highest BCUT2D eigenvalue weighted by atomic mass is 32.1. The van der Waals surface area contributed by atoms with Crippen LogP contribution >= 0.6 is 11.3 Å². The highest BCUT2D eigenvalue weighted by molar-refractivity contribution is 7.09. The number of hydrogen-bond acceptors (Lipinski definition) is 4. The molecule has 1 atom stereocenters. The van der Waals surface area contributed by atoms with Crippen LogP contribution in [0.5, 0.6) is 0 Å². The topological polar surface area (TPSA) is 34.1 Å². The molecule has 1 aromatic rings. The van der Waals surface area contributed by atoms with Gasteiger partial charge in [-0.15, -0.1) is 11.3 Å². The summed E-state index contributed by atoms with van der Waals surface area (Å²) in [6.07, 6.45) is 0. The normalized spacial score (nSPS) is 13.2. The molecule has 4 heteroatoms. The molecule has 0 aliphatic heterocycles. The molecule has 1 N–H and O–H groups in total. The standard InChI is InChI=1S/C8H14N2OS/c1-6-8(12-5-10-6)7(9-2)4-11-3/h5,7,9H,4H2,1-3H3. The Labute approximate surface area is 76.8 Å². The third-order valence-electron chi connectivity index (χ3n) is 1.78. The molecular weight excluding hydrogens is 172 g/mol. The zero-order valence-electron chi connectivity index (χ0n) is 7.63. The van der Waals surface area contributed by atoms with E-state index < -0.39 is 0 Å². The van der Waals surface area contributed by atoms with Gasteiger partial charge in [0.1, 0.15) is 0 Å². The van der Waals surface area contributed by atoms with Crippen LogP contribution in [-0.4, -0.2) is 25.7 Å². The molecule has 12 heavy (non-hydrogen) atoms. The van der Waals surface area contributed by atoms with Crippen LogP contribution in [0.3, 0.4) is 0 Å². The molecule has 0 saturated heterocycles. The molecule has 0 spiro atoms. The molecule has 1 aromatic heterocycles. The number of thiazole rings is 1. The van der Waals surface area contributed by atoms with Gasteiger partial charge in [0, 0.05) is 12.0 Å². The Hall–Kier alpha value is -0.450. The Kier molecular flexibility index (Phi) is 3.65. The molecule has 1 heterocycles. The summed E-state index contributed by atoms with van der Waals surface area (Å²) in [5.74, 6) is 0. The van der Waals surface area contributed by atoms with Crippen LogP contribution in [-0.2, 0) is 4.74 Å². The van der Waals surface area contributed by atoms with Crippen molar-refractivity contribution in [1.82, 2.24) is 10.3 Å². The summed E-state index contributed by atoms with van der Waals surface area (Å²) in [7, 11) is 3.64. The Bertz CT molecular complexity index is 237. The number of methoxy groups -OCH3 is 1. The summed E-state index contributed by atoms with van der Waals surface area (Å²) in [5, 5.41) is 3.19. The number of aromatic nitrogens is 1. The van der Waals surface area contributed by atoms with Gasteiger partial charge in [0.05, 0.1) is 23.9 Å². The molecule has 1 unspecified atom stereocenters. The predicted molar refractivity (Wildman–Crippen MR) is 50.5 cm³/mol. The van der Waals surface area contributed by atoms with Gasteiger partial charge in [0.15, 0.2) is 0 Å². The molecule has 0 radical (unpaired) electrons. The minimum absolute atomic E-state index is 0.280. The summed E-state index contributed by atoms with van der Waals surface area (Å²) >= 11 is 1.67. The molecule has 68 valence electrons. The van der Waals surface area contributed by atoms with Gasteiger partial charge >= 0.3 is 0 Å². The molecule has 0 amide bonds. The minimum Gasteiger partial charge on any atom is -0.383 e. The second-order valence-electron chi connectivity index (χ2n) is 2.60. The Morgan fingerprint density at radius 3 is 2.92 bits per heavy atom. The van der Waals surface area contributed by atoms with E-state index in [4.69, 9.17) is 4.74 Å². The van der Waals surface area contributed by atoms with Crippen molar-refractivity contribution in [3.8, 4) is 0 Å². The van der Waals surface area contributed by atoms with E-state index in [2.05, 4.69) is 10.3 Å². The molecule has 0 aliphatic rings. The van der Waals surface area contributed by atoms with Crippen molar-refractivity contribution in [1.29, 1.82) is 0 Å². The molecular formula is C8H14N2OS. The second-order valence-corrected chi connectivity index (χ2v) is 3.48. The summed E-state index contributed by atoms with van der Waals surface area (Å²) in [4.78, 5) is 5.45. The van der Waals surface area contributed by atoms with Gasteiger partial charge in [-0.05, 0) is 14.0 Å². The molecule has 0 saturated carbocycles. The first-order valence-electron chi connectivity index (χ1n) is 3.85. The predicted octanol–water partition coefficient (Wildman–Crippen LogP) is 1.36. The fourth-order valence-electron chi connectivity index (χ4n) is 1.10. The summed E-state index contributed by atoms with van der Waals surface area (Å²) in [6.45, 7) is 2.71. The van der Waals surface area contributed by atoms with Crippen LogP contribution in [0, 0.1) is 6.92 Å². The van der Waals surface area contributed by atoms with Crippen LogP contribution in [0.15, 0.2) is 5.51 Å². The molecule has 1 rings (SSSR count). The van der Waals surface area contributed by atoms with Gasteiger partial charge in [0.25, 0.3) is 0 Å². The van der Waals surface area contributed by atoms with E-state index in [0.29, 0.717) is 6.61 Å². The van der Waals surface area contributed by atoms with E-state index in [1.54, 1.807) is 18.4 Å². The maximum atomic E-state index is 5.09. The number of likely N-dealkylation sites (N-methyl/N-ethyl adjacent to an activating group) is 1. The van der Waals surface area contributed by atoms with Crippen molar-refractivity contribution in [2.45, 2.75) is 13.0 Å². The SMILES string of the molecule is CNC(COC)c1scnc1C. The number of nitrogens with one attached hydrogen (secondary N) is 1. The van der Waals surface area contributed by atoms with E-state index in [9.17, 15) is 0 Å². The smallest absolute Gasteiger partial charge is 0.0798 e. The lowest BCUT2D eigenvalue weighted by atomic mass is 10.2. The fourth-order valence-corrected chi connectivity index (χ4v) is 2.00. The number of nitrogens with zero attached hydrogens (tertiary/aromatic N) is 1. The van der Waals surface area contributed by atoms with Crippen molar-refractivity contribution in [2.24, 2.45) is 0 Å². The van der Waals surface area contributed by atoms with Gasteiger partial charge in [0.2, 0.25) is 0 Å². The monoisotopic (exact) mass is 186 g/mol. The first kappa shape index (κ1) is 9.64. The van der Waals surface area contributed by atoms with Crippen LogP contribution in [0.25, 0.3) is 0 Å². The Morgan fingerprint density at radius 2 is 2.50 bits per heavy atom. The molecule has 0 bridgehead atoms. The third-order valence-corrected chi connectivity index (χ3v) is 2.83. The van der Waals surface area contributed by atoms with Gasteiger partial charge in [-0.2, -0.15) is 0 Å². The van der Waals surface area contributed by atoms with Crippen molar-refractivity contribution in [2.75, 3.05) is 20.8 Å². The van der Waals surface area contributed by atoms with Crippen LogP contribution in [0.4, 0.5) is 0 Å². The lowest BCUT2D eigenvalue weighted by molar-refractivity contribution is 0.171. The number of hydrogen-bond donors (Lipinski definition) is 1. The van der Waals surface area contributed by atoms with Crippen molar-refractivity contribution < 1.29 is 4.74 Å². The van der Waals surface area contributed by atoms with Crippen LogP contribution in [0.1, 0.15) is 16.6 Å². The maximum Gasteiger partial charge on any atom is 0.0798 e. The van der Waals surface area contributed by atoms with E-state index in [1.165, 1.54) is 4.88 Å². The van der Waals surface area contributed by atoms with Crippen LogP contribution < -0.4 is 5.32 Å². The number of rotatable bonds is 4. The fraction of sp³-hybridized carbons (Fsp3) is 0.625. The van der Waals surface area contributed by atoms with Gasteiger partial charge in [-0.25, -0.2) is 4.98 Å². The molecule has 0 aromatic carbocycles. The number of aryl methyl sites for hydroxylation is 1. The maximum absolute atomic E-state index is 5.09. The first-order valence-corrected chi connectivity index (χ1v) is 4.73. The largest absolute Gasteiger partial charge is 0.383 e. The number of ether oxygens (including phenoxy) is 1. The highest BCUT2D eigenvalue weighted by Crippen LogP contribution is 2.21. The lowest BCUT2D eigenvalue weighted by Gasteiger charge is -2.13. The zero-order valence-corrected chi connectivity index (χ0v) is 8.44. The lowest BCUT2D eigenvalue weighted by Crippen LogP contribution is -2.20. The van der Waals surface area contributed by atoms with Gasteiger partial charge in [-0.3, -0.25) is 0 Å². The Balaban J connectivity index is 2.72. The molecule has 3 nitrogen and oxygen atoms in total. The first-order chi connectivity index (χ1) is 5.79. The summed E-state index contributed by atoms with van der Waals surface area (Å²) in [5.41, 5.74) is 2.96. The van der Waals surface area contributed by atoms with Crippen LogP contribution in [0.2, 0.25) is 0 Å². The quantitative estimate of drug-likeness (QED) is 0.771. The summed E-state index contributed by atoms with van der Waals surface area (Å²) < 4.78 is 5.09. The van der Waals surface area contributed by atoms with Crippen molar-refractivity contribution in [3.63, 3.8) is 0 Å². The minimum atomic E-state index is 0.280. The van der Waals surface area contributed by atoms with E-state index in [0.717, 1.165) is 5.69 Å². The van der Waals surface area contributed by atoms with E-state index >= 15 is 0 Å². The average molecular weight is 186 g/mol. The highest BCUT2D eigenvalue weighted by Gasteiger charge is 2.13. The second kappa shape index (κ2) is 4.54. The van der Waals surface area contributed by atoms with Crippen molar-refractivity contribution in [3.05, 3.63) is 16.1 Å². The molecule has 0 fully saturated rings. The van der Waals surface area contributed by atoms with Gasteiger partial charge in [-0.1, -0.05) is 0 Å². The zero-order chi connectivity index (χ0) is 8.97. The Morgan fingerprint density at radius 1 is 1.75 bits per heavy atom. The molecule has 0 aliphatic carbocycles. The van der Waals surface area contributed by atoms with Gasteiger partial charge < -0.3 is 10.1 Å².